The first-order valence-corrected chi connectivity index (χ1v) is 6.45. The Labute approximate surface area is 108 Å². The number of hydrogen-bond donors (Lipinski definition) is 0. The Bertz CT molecular complexity index is 535. The largest absolute Gasteiger partial charge is 0.364 e. The van der Waals surface area contributed by atoms with Crippen molar-refractivity contribution in [3.8, 4) is 0 Å². The highest BCUT2D eigenvalue weighted by Gasteiger charge is 2.07. The highest BCUT2D eigenvalue weighted by Crippen LogP contribution is 2.20. The van der Waals surface area contributed by atoms with E-state index in [9.17, 15) is 0 Å². The van der Waals surface area contributed by atoms with E-state index in [0.717, 1.165) is 19.5 Å². The van der Waals surface area contributed by atoms with Crippen molar-refractivity contribution in [2.45, 2.75) is 6.42 Å². The lowest BCUT2D eigenvalue weighted by atomic mass is 10.0. The van der Waals surface area contributed by atoms with Crippen LogP contribution in [0.2, 0.25) is 0 Å². The molecule has 0 N–H and O–H groups in total. The van der Waals surface area contributed by atoms with Crippen molar-refractivity contribution in [3.05, 3.63) is 77.9 Å². The molecule has 0 aromatic heterocycles. The van der Waals surface area contributed by atoms with Gasteiger partial charge in [-0.25, -0.2) is 0 Å². The maximum absolute atomic E-state index is 2.38. The van der Waals surface area contributed by atoms with Gasteiger partial charge in [0.15, 0.2) is 0 Å². The van der Waals surface area contributed by atoms with E-state index in [1.54, 1.807) is 0 Å². The molecule has 0 unspecified atom stereocenters. The van der Waals surface area contributed by atoms with Crippen molar-refractivity contribution >= 4 is 5.69 Å². The van der Waals surface area contributed by atoms with Gasteiger partial charge in [0.05, 0.1) is 0 Å². The summed E-state index contributed by atoms with van der Waals surface area (Å²) in [5.41, 5.74) is 4.08. The van der Waals surface area contributed by atoms with Gasteiger partial charge in [0, 0.05) is 18.8 Å². The number of benzene rings is 2. The van der Waals surface area contributed by atoms with Crippen LogP contribution in [-0.4, -0.2) is 13.1 Å². The lowest BCUT2D eigenvalue weighted by Gasteiger charge is -2.18. The zero-order valence-corrected chi connectivity index (χ0v) is 10.4. The van der Waals surface area contributed by atoms with Gasteiger partial charge in [-0.2, -0.15) is 0 Å². The molecule has 1 heterocycles. The molecule has 1 nitrogen and oxygen atoms in total. The molecular formula is C17H17N. The van der Waals surface area contributed by atoms with Gasteiger partial charge in [-0.15, -0.1) is 0 Å². The first kappa shape index (κ1) is 11.1. The molecule has 18 heavy (non-hydrogen) atoms. The van der Waals surface area contributed by atoms with E-state index in [-0.39, 0.29) is 0 Å². The number of anilines is 1. The molecule has 0 bridgehead atoms. The van der Waals surface area contributed by atoms with Crippen LogP contribution in [-0.2, 0) is 6.42 Å². The maximum atomic E-state index is 2.38. The second-order valence-corrected chi connectivity index (χ2v) is 4.71. The van der Waals surface area contributed by atoms with Crippen molar-refractivity contribution in [2.24, 2.45) is 0 Å². The number of hydrogen-bond acceptors (Lipinski definition) is 1. The molecule has 0 saturated heterocycles. The molecule has 2 aromatic carbocycles. The van der Waals surface area contributed by atoms with Crippen LogP contribution in [0.3, 0.4) is 0 Å². The molecule has 90 valence electrons. The zero-order chi connectivity index (χ0) is 12.2. The van der Waals surface area contributed by atoms with Gasteiger partial charge in [0.25, 0.3) is 0 Å². The van der Waals surface area contributed by atoms with E-state index >= 15 is 0 Å². The maximum Gasteiger partial charge on any atom is 0.0374 e. The van der Waals surface area contributed by atoms with E-state index in [4.69, 9.17) is 0 Å². The van der Waals surface area contributed by atoms with E-state index in [1.807, 2.05) is 0 Å². The predicted molar refractivity (Wildman–Crippen MR) is 77.0 cm³/mol. The average Bonchev–Trinajstić information content (AvgIpc) is 2.94. The summed E-state index contributed by atoms with van der Waals surface area (Å²) in [5.74, 6) is 0. The minimum absolute atomic E-state index is 1.01. The summed E-state index contributed by atoms with van der Waals surface area (Å²) in [6, 6.07) is 19.5. The zero-order valence-electron chi connectivity index (χ0n) is 10.4. The number of nitrogens with zero attached hydrogens (tertiary/aromatic N) is 1. The molecule has 0 spiro atoms. The second kappa shape index (κ2) is 5.09. The minimum Gasteiger partial charge on any atom is -0.364 e. The first-order valence-electron chi connectivity index (χ1n) is 6.45. The van der Waals surface area contributed by atoms with Crippen molar-refractivity contribution < 1.29 is 0 Å². The van der Waals surface area contributed by atoms with Crippen molar-refractivity contribution in [3.63, 3.8) is 0 Å². The molecule has 1 heteroatoms. The lowest BCUT2D eigenvalue weighted by molar-refractivity contribution is 1.00. The van der Waals surface area contributed by atoms with Crippen LogP contribution in [0.15, 0.2) is 66.7 Å². The molecule has 0 aliphatic carbocycles. The Hall–Kier alpha value is -2.02. The van der Waals surface area contributed by atoms with E-state index in [1.165, 1.54) is 16.8 Å². The van der Waals surface area contributed by atoms with Crippen molar-refractivity contribution in [1.29, 1.82) is 0 Å². The Morgan fingerprint density at radius 2 is 1.50 bits per heavy atom. The minimum atomic E-state index is 1.01. The van der Waals surface area contributed by atoms with Crippen molar-refractivity contribution in [2.75, 3.05) is 18.0 Å². The van der Waals surface area contributed by atoms with Crippen LogP contribution in [0.4, 0.5) is 5.69 Å². The average molecular weight is 235 g/mol. The second-order valence-electron chi connectivity index (χ2n) is 4.71. The van der Waals surface area contributed by atoms with Crippen molar-refractivity contribution in [1.82, 2.24) is 0 Å². The van der Waals surface area contributed by atoms with Crippen LogP contribution in [0.1, 0.15) is 11.1 Å². The SMILES string of the molecule is C1=CCN(c2cccc(Cc3ccccc3)c2)C1. The fraction of sp³-hybridized carbons (Fsp3) is 0.176. The highest BCUT2D eigenvalue weighted by atomic mass is 15.1. The molecule has 1 aliphatic heterocycles. The molecule has 0 atom stereocenters. The fourth-order valence-corrected chi connectivity index (χ4v) is 2.38. The molecule has 0 saturated carbocycles. The molecule has 1 aliphatic rings. The van der Waals surface area contributed by atoms with E-state index < -0.39 is 0 Å². The molecule has 0 amide bonds. The summed E-state index contributed by atoms with van der Waals surface area (Å²) >= 11 is 0. The van der Waals surface area contributed by atoms with Crippen LogP contribution in [0.25, 0.3) is 0 Å². The lowest BCUT2D eigenvalue weighted by Crippen LogP contribution is -2.18. The molecule has 0 fully saturated rings. The van der Waals surface area contributed by atoms with Crippen LogP contribution < -0.4 is 4.90 Å². The smallest absolute Gasteiger partial charge is 0.0374 e. The Balaban J connectivity index is 1.79. The standard InChI is InChI=1S/C17H17N/c1-2-7-15(8-3-1)13-16-9-6-10-17(14-16)18-11-4-5-12-18/h1-10,14H,11-13H2. The van der Waals surface area contributed by atoms with Gasteiger partial charge >= 0.3 is 0 Å². The summed E-state index contributed by atoms with van der Waals surface area (Å²) in [7, 11) is 0. The predicted octanol–water partition coefficient (Wildman–Crippen LogP) is 3.65. The quantitative estimate of drug-likeness (QED) is 0.734. The Kier molecular flexibility index (Phi) is 3.14. The van der Waals surface area contributed by atoms with Gasteiger partial charge in [0.2, 0.25) is 0 Å². The van der Waals surface area contributed by atoms with Crippen LogP contribution in [0, 0.1) is 0 Å². The summed E-state index contributed by atoms with van der Waals surface area (Å²) in [6.45, 7) is 2.07. The Morgan fingerprint density at radius 1 is 0.778 bits per heavy atom. The van der Waals surface area contributed by atoms with Gasteiger partial charge in [-0.3, -0.25) is 0 Å². The van der Waals surface area contributed by atoms with Gasteiger partial charge in [-0.1, -0.05) is 54.6 Å². The van der Waals surface area contributed by atoms with E-state index in [0.29, 0.717) is 0 Å². The van der Waals surface area contributed by atoms with Gasteiger partial charge in [0.1, 0.15) is 0 Å². The van der Waals surface area contributed by atoms with Crippen LogP contribution >= 0.6 is 0 Å². The topological polar surface area (TPSA) is 3.24 Å². The number of rotatable bonds is 3. The molecular weight excluding hydrogens is 218 g/mol. The fourth-order valence-electron chi connectivity index (χ4n) is 2.38. The van der Waals surface area contributed by atoms with Crippen LogP contribution in [0.5, 0.6) is 0 Å². The Morgan fingerprint density at radius 3 is 2.28 bits per heavy atom. The third kappa shape index (κ3) is 2.45. The third-order valence-electron chi connectivity index (χ3n) is 3.35. The molecule has 2 aromatic rings. The summed E-state index contributed by atoms with van der Waals surface area (Å²) in [5, 5.41) is 0. The summed E-state index contributed by atoms with van der Waals surface area (Å²) in [6.07, 6.45) is 5.46. The normalized spacial score (nSPS) is 14.1. The van der Waals surface area contributed by atoms with E-state index in [2.05, 4.69) is 71.6 Å². The van der Waals surface area contributed by atoms with Gasteiger partial charge < -0.3 is 4.90 Å². The monoisotopic (exact) mass is 235 g/mol. The molecule has 0 radical (unpaired) electrons. The summed E-state index contributed by atoms with van der Waals surface area (Å²) in [4.78, 5) is 2.38. The third-order valence-corrected chi connectivity index (χ3v) is 3.35. The first-order chi connectivity index (χ1) is 8.92. The molecule has 3 rings (SSSR count). The van der Waals surface area contributed by atoms with Gasteiger partial charge in [-0.05, 0) is 29.7 Å². The highest BCUT2D eigenvalue weighted by molar-refractivity contribution is 5.51. The summed E-state index contributed by atoms with van der Waals surface area (Å²) < 4.78 is 0.